The van der Waals surface area contributed by atoms with Crippen LogP contribution < -0.4 is 4.74 Å². The molecule has 3 aromatic rings. The zero-order chi connectivity index (χ0) is 30.0. The number of hydrazine groups is 1. The number of nitro benzene ring substituents is 1. The molecule has 3 amide bonds. The Kier molecular flexibility index (Phi) is 7.92. The zero-order valence-electron chi connectivity index (χ0n) is 22.7. The topological polar surface area (TPSA) is 144 Å². The number of benzene rings is 3. The summed E-state index contributed by atoms with van der Waals surface area (Å²) in [5.41, 5.74) is 0.241. The number of ether oxygens (including phenoxy) is 1. The van der Waals surface area contributed by atoms with Gasteiger partial charge >= 0.3 is 5.97 Å². The molecule has 1 aliphatic heterocycles. The molecule has 0 bridgehead atoms. The molecule has 0 radical (unpaired) electrons. The molecule has 11 heteroatoms. The second kappa shape index (κ2) is 11.7. The molecule has 1 saturated carbocycles. The first-order chi connectivity index (χ1) is 20.1. The van der Waals surface area contributed by atoms with Crippen molar-refractivity contribution < 1.29 is 33.6 Å². The summed E-state index contributed by atoms with van der Waals surface area (Å²) in [5, 5.41) is 12.7. The summed E-state index contributed by atoms with van der Waals surface area (Å²) < 4.78 is 5.35. The Morgan fingerprint density at radius 2 is 1.48 bits per heavy atom. The van der Waals surface area contributed by atoms with E-state index in [1.54, 1.807) is 30.3 Å². The van der Waals surface area contributed by atoms with Gasteiger partial charge in [-0.15, -0.1) is 0 Å². The van der Waals surface area contributed by atoms with Crippen LogP contribution in [0.2, 0.25) is 0 Å². The monoisotopic (exact) mass is 569 g/mol. The lowest BCUT2D eigenvalue weighted by Crippen LogP contribution is -2.52. The number of nitrogens with zero attached hydrogens (tertiary/aromatic N) is 3. The highest BCUT2D eigenvalue weighted by Gasteiger charge is 2.52. The van der Waals surface area contributed by atoms with Crippen molar-refractivity contribution in [3.8, 4) is 5.75 Å². The third-order valence-corrected chi connectivity index (χ3v) is 7.66. The number of esters is 1. The molecule has 0 spiro atoms. The second-order valence-corrected chi connectivity index (χ2v) is 10.5. The fourth-order valence-electron chi connectivity index (χ4n) is 5.39. The summed E-state index contributed by atoms with van der Waals surface area (Å²) in [6, 6.07) is 18.8. The standard InChI is InChI=1S/C31H27N3O8/c1-19-7-16-25-26(17-19)30(38)33(29(25)37)32(28(36)21-8-12-23(13-9-21)34(40)41)18-27(35)20-10-14-24(15-11-20)42-31(39)22-5-3-2-4-6-22/h2-6,8-15,19,25-26H,7,16-18H2,1H3/t19-,25+,26+/m1/s1. The Morgan fingerprint density at radius 3 is 2.12 bits per heavy atom. The number of hydrogen-bond donors (Lipinski definition) is 0. The van der Waals surface area contributed by atoms with Crippen molar-refractivity contribution >= 4 is 35.2 Å². The summed E-state index contributed by atoms with van der Waals surface area (Å²) >= 11 is 0. The summed E-state index contributed by atoms with van der Waals surface area (Å²) in [6.45, 7) is 1.37. The number of hydrogen-bond acceptors (Lipinski definition) is 8. The number of non-ortho nitro benzene ring substituents is 1. The van der Waals surface area contributed by atoms with Crippen molar-refractivity contribution in [1.29, 1.82) is 0 Å². The fourth-order valence-corrected chi connectivity index (χ4v) is 5.39. The number of rotatable bonds is 8. The van der Waals surface area contributed by atoms with Gasteiger partial charge in [-0.1, -0.05) is 25.1 Å². The van der Waals surface area contributed by atoms with E-state index < -0.39 is 52.8 Å². The number of carbonyl (C=O) groups excluding carboxylic acids is 5. The van der Waals surface area contributed by atoms with Crippen molar-refractivity contribution in [3.05, 3.63) is 106 Å². The van der Waals surface area contributed by atoms with Crippen LogP contribution in [-0.2, 0) is 9.59 Å². The van der Waals surface area contributed by atoms with Gasteiger partial charge in [0.1, 0.15) is 12.3 Å². The first kappa shape index (κ1) is 28.3. The normalized spacial score (nSPS) is 19.6. The van der Waals surface area contributed by atoms with E-state index >= 15 is 0 Å². The maximum atomic E-state index is 13.7. The number of carbonyl (C=O) groups is 5. The number of Topliss-reactive ketones (excluding diaryl/α,β-unsaturated/α-hetero) is 1. The lowest BCUT2D eigenvalue weighted by atomic mass is 9.76. The van der Waals surface area contributed by atoms with E-state index in [1.165, 1.54) is 36.4 Å². The van der Waals surface area contributed by atoms with Crippen molar-refractivity contribution in [2.24, 2.45) is 17.8 Å². The van der Waals surface area contributed by atoms with Crippen LogP contribution in [0.15, 0.2) is 78.9 Å². The average molecular weight is 570 g/mol. The quantitative estimate of drug-likeness (QED) is 0.0965. The van der Waals surface area contributed by atoms with Gasteiger partial charge in [0, 0.05) is 23.3 Å². The molecule has 0 N–H and O–H groups in total. The van der Waals surface area contributed by atoms with E-state index in [-0.39, 0.29) is 28.5 Å². The molecule has 214 valence electrons. The highest BCUT2D eigenvalue weighted by Crippen LogP contribution is 2.41. The van der Waals surface area contributed by atoms with Gasteiger partial charge in [-0.25, -0.2) is 9.80 Å². The maximum absolute atomic E-state index is 13.7. The number of amides is 3. The van der Waals surface area contributed by atoms with E-state index in [4.69, 9.17) is 4.74 Å². The molecular weight excluding hydrogens is 542 g/mol. The number of ketones is 1. The van der Waals surface area contributed by atoms with Gasteiger partial charge in [0.25, 0.3) is 23.4 Å². The second-order valence-electron chi connectivity index (χ2n) is 10.5. The molecule has 3 atom stereocenters. The molecule has 1 aliphatic carbocycles. The average Bonchev–Trinajstić information content (AvgIpc) is 3.24. The lowest BCUT2D eigenvalue weighted by molar-refractivity contribution is -0.384. The summed E-state index contributed by atoms with van der Waals surface area (Å²) in [5.74, 6) is -3.77. The largest absolute Gasteiger partial charge is 0.423 e. The molecular formula is C31H27N3O8. The van der Waals surface area contributed by atoms with Gasteiger partial charge < -0.3 is 4.74 Å². The van der Waals surface area contributed by atoms with Crippen LogP contribution in [-0.4, -0.2) is 51.0 Å². The third-order valence-electron chi connectivity index (χ3n) is 7.66. The molecule has 2 aliphatic rings. The Labute approximate surface area is 240 Å². The van der Waals surface area contributed by atoms with Gasteiger partial charge in [0.2, 0.25) is 0 Å². The summed E-state index contributed by atoms with van der Waals surface area (Å²) in [4.78, 5) is 76.7. The van der Waals surface area contributed by atoms with E-state index in [9.17, 15) is 34.1 Å². The Hall–Kier alpha value is -5.19. The number of nitro groups is 1. The van der Waals surface area contributed by atoms with Crippen molar-refractivity contribution in [2.75, 3.05) is 6.54 Å². The van der Waals surface area contributed by atoms with Crippen molar-refractivity contribution in [3.63, 3.8) is 0 Å². The number of imide groups is 1. The first-order valence-electron chi connectivity index (χ1n) is 13.5. The van der Waals surface area contributed by atoms with Gasteiger partial charge in [-0.3, -0.25) is 29.3 Å². The first-order valence-corrected chi connectivity index (χ1v) is 13.5. The fraction of sp³-hybridized carbons (Fsp3) is 0.258. The molecule has 1 saturated heterocycles. The van der Waals surface area contributed by atoms with Crippen LogP contribution in [0, 0.1) is 27.9 Å². The lowest BCUT2D eigenvalue weighted by Gasteiger charge is -2.30. The third kappa shape index (κ3) is 5.67. The van der Waals surface area contributed by atoms with E-state index in [0.717, 1.165) is 28.6 Å². The minimum absolute atomic E-state index is 0.0274. The highest BCUT2D eigenvalue weighted by molar-refractivity contribution is 6.09. The van der Waals surface area contributed by atoms with Crippen LogP contribution in [0.4, 0.5) is 5.69 Å². The van der Waals surface area contributed by atoms with Gasteiger partial charge in [-0.2, -0.15) is 5.01 Å². The molecule has 5 rings (SSSR count). The Morgan fingerprint density at radius 1 is 0.857 bits per heavy atom. The molecule has 0 aromatic heterocycles. The molecule has 2 fully saturated rings. The maximum Gasteiger partial charge on any atom is 0.343 e. The van der Waals surface area contributed by atoms with Crippen LogP contribution >= 0.6 is 0 Å². The predicted octanol–water partition coefficient (Wildman–Crippen LogP) is 4.48. The predicted molar refractivity (Wildman–Crippen MR) is 148 cm³/mol. The van der Waals surface area contributed by atoms with Crippen LogP contribution in [0.3, 0.4) is 0 Å². The van der Waals surface area contributed by atoms with Crippen LogP contribution in [0.1, 0.15) is 57.3 Å². The summed E-state index contributed by atoms with van der Waals surface area (Å²) in [6.07, 6.45) is 1.77. The molecule has 0 unspecified atom stereocenters. The minimum Gasteiger partial charge on any atom is -0.423 e. The zero-order valence-corrected chi connectivity index (χ0v) is 22.7. The molecule has 42 heavy (non-hydrogen) atoms. The van der Waals surface area contributed by atoms with Crippen molar-refractivity contribution in [2.45, 2.75) is 26.2 Å². The molecule has 11 nitrogen and oxygen atoms in total. The van der Waals surface area contributed by atoms with Gasteiger partial charge in [-0.05, 0) is 73.7 Å². The SMILES string of the molecule is C[C@@H]1CC[C@@H]2C(=O)N(N(CC(=O)c3ccc(OC(=O)c4ccccc4)cc3)C(=O)c3ccc([N+](=O)[O-])cc3)C(=O)[C@H]2C1. The smallest absolute Gasteiger partial charge is 0.343 e. The minimum atomic E-state index is -0.819. The van der Waals surface area contributed by atoms with Gasteiger partial charge in [0.05, 0.1) is 22.3 Å². The Balaban J connectivity index is 1.39. The molecule has 1 heterocycles. The van der Waals surface area contributed by atoms with E-state index in [2.05, 4.69) is 0 Å². The number of fused-ring (bicyclic) bond motifs is 1. The Bertz CT molecular complexity index is 1550. The van der Waals surface area contributed by atoms with Crippen molar-refractivity contribution in [1.82, 2.24) is 10.0 Å². The van der Waals surface area contributed by atoms with E-state index in [0.29, 0.717) is 18.4 Å². The van der Waals surface area contributed by atoms with E-state index in [1.807, 2.05) is 6.92 Å². The summed E-state index contributed by atoms with van der Waals surface area (Å²) in [7, 11) is 0. The highest BCUT2D eigenvalue weighted by atomic mass is 16.6. The van der Waals surface area contributed by atoms with Crippen LogP contribution in [0.5, 0.6) is 5.75 Å². The van der Waals surface area contributed by atoms with Crippen LogP contribution in [0.25, 0.3) is 0 Å². The molecule has 3 aromatic carbocycles. The van der Waals surface area contributed by atoms with Gasteiger partial charge in [0.15, 0.2) is 5.78 Å².